The molecule has 0 spiro atoms. The highest BCUT2D eigenvalue weighted by molar-refractivity contribution is 9.10. The van der Waals surface area contributed by atoms with Crippen molar-refractivity contribution < 1.29 is 22.7 Å². The zero-order chi connectivity index (χ0) is 13.1. The summed E-state index contributed by atoms with van der Waals surface area (Å²) in [6.07, 6.45) is -5.46. The highest BCUT2D eigenvalue weighted by Crippen LogP contribution is 2.36. The van der Waals surface area contributed by atoms with Crippen LogP contribution in [0, 0.1) is 0 Å². The third-order valence-corrected chi connectivity index (χ3v) is 2.29. The molecule has 7 heteroatoms. The SMILES string of the molecule is CCOC(=O)Nc1ccc(Br)cc1C(F)(F)F. The maximum Gasteiger partial charge on any atom is 0.418 e. The van der Waals surface area contributed by atoms with Gasteiger partial charge >= 0.3 is 12.3 Å². The van der Waals surface area contributed by atoms with Crippen LogP contribution in [0.5, 0.6) is 0 Å². The summed E-state index contributed by atoms with van der Waals surface area (Å²) in [5.41, 5.74) is -1.26. The summed E-state index contributed by atoms with van der Waals surface area (Å²) in [7, 11) is 0. The predicted molar refractivity (Wildman–Crippen MR) is 59.8 cm³/mol. The number of benzene rings is 1. The van der Waals surface area contributed by atoms with Crippen LogP contribution in [0.3, 0.4) is 0 Å². The summed E-state index contributed by atoms with van der Waals surface area (Å²) in [6, 6.07) is 3.45. The minimum Gasteiger partial charge on any atom is -0.450 e. The van der Waals surface area contributed by atoms with Crippen LogP contribution in [-0.4, -0.2) is 12.7 Å². The van der Waals surface area contributed by atoms with E-state index in [1.807, 2.05) is 5.32 Å². The zero-order valence-electron chi connectivity index (χ0n) is 8.77. The van der Waals surface area contributed by atoms with Crippen LogP contribution in [0.4, 0.5) is 23.7 Å². The second kappa shape index (κ2) is 5.39. The van der Waals surface area contributed by atoms with E-state index in [0.717, 1.165) is 12.1 Å². The molecule has 17 heavy (non-hydrogen) atoms. The number of anilines is 1. The first kappa shape index (κ1) is 13.8. The van der Waals surface area contributed by atoms with Crippen LogP contribution in [0.2, 0.25) is 0 Å². The lowest BCUT2D eigenvalue weighted by molar-refractivity contribution is -0.137. The van der Waals surface area contributed by atoms with E-state index in [-0.39, 0.29) is 16.8 Å². The Morgan fingerprint density at radius 1 is 1.47 bits per heavy atom. The Hall–Kier alpha value is -1.24. The first-order chi connectivity index (χ1) is 7.84. The van der Waals surface area contributed by atoms with Crippen LogP contribution in [0.15, 0.2) is 22.7 Å². The smallest absolute Gasteiger partial charge is 0.418 e. The first-order valence-corrected chi connectivity index (χ1v) is 5.44. The number of amides is 1. The van der Waals surface area contributed by atoms with Crippen molar-refractivity contribution in [2.75, 3.05) is 11.9 Å². The lowest BCUT2D eigenvalue weighted by Crippen LogP contribution is -2.17. The van der Waals surface area contributed by atoms with Crippen molar-refractivity contribution in [3.05, 3.63) is 28.2 Å². The van der Waals surface area contributed by atoms with Gasteiger partial charge in [-0.1, -0.05) is 15.9 Å². The number of carbonyl (C=O) groups is 1. The molecule has 0 aliphatic carbocycles. The number of carbonyl (C=O) groups excluding carboxylic acids is 1. The zero-order valence-corrected chi connectivity index (χ0v) is 10.4. The third-order valence-electron chi connectivity index (χ3n) is 1.80. The summed E-state index contributed by atoms with van der Waals surface area (Å²) in [5.74, 6) is 0. The van der Waals surface area contributed by atoms with Crippen LogP contribution in [-0.2, 0) is 10.9 Å². The molecule has 0 aliphatic heterocycles. The standard InChI is InChI=1S/C10H9BrF3NO2/c1-2-17-9(16)15-8-4-3-6(11)5-7(8)10(12,13)14/h3-5H,2H2,1H3,(H,15,16). The van der Waals surface area contributed by atoms with Gasteiger partial charge in [-0.2, -0.15) is 13.2 Å². The number of alkyl halides is 3. The van der Waals surface area contributed by atoms with Crippen LogP contribution in [0.25, 0.3) is 0 Å². The lowest BCUT2D eigenvalue weighted by Gasteiger charge is -2.13. The van der Waals surface area contributed by atoms with Gasteiger partial charge < -0.3 is 4.74 Å². The van der Waals surface area contributed by atoms with Crippen molar-refractivity contribution >= 4 is 27.7 Å². The Balaban J connectivity index is 3.03. The maximum absolute atomic E-state index is 12.7. The van der Waals surface area contributed by atoms with Crippen LogP contribution >= 0.6 is 15.9 Å². The van der Waals surface area contributed by atoms with Crippen LogP contribution in [0.1, 0.15) is 12.5 Å². The van der Waals surface area contributed by atoms with Gasteiger partial charge in [-0.25, -0.2) is 4.79 Å². The molecule has 1 aromatic carbocycles. The molecule has 0 fully saturated rings. The van der Waals surface area contributed by atoms with Gasteiger partial charge in [0.15, 0.2) is 0 Å². The number of rotatable bonds is 2. The Kier molecular flexibility index (Phi) is 4.39. The Labute approximate surface area is 104 Å². The van der Waals surface area contributed by atoms with Crippen molar-refractivity contribution in [1.82, 2.24) is 0 Å². The van der Waals surface area contributed by atoms with Crippen molar-refractivity contribution in [3.63, 3.8) is 0 Å². The number of hydrogen-bond donors (Lipinski definition) is 1. The molecule has 0 aliphatic rings. The van der Waals surface area contributed by atoms with Gasteiger partial charge in [0.05, 0.1) is 17.9 Å². The highest BCUT2D eigenvalue weighted by atomic mass is 79.9. The third kappa shape index (κ3) is 3.92. The van der Waals surface area contributed by atoms with Gasteiger partial charge in [0.1, 0.15) is 0 Å². The molecule has 1 aromatic rings. The van der Waals surface area contributed by atoms with E-state index in [1.54, 1.807) is 6.92 Å². The molecule has 0 atom stereocenters. The average Bonchev–Trinajstić information content (AvgIpc) is 2.19. The van der Waals surface area contributed by atoms with Gasteiger partial charge in [0.2, 0.25) is 0 Å². The molecule has 1 rings (SSSR count). The fourth-order valence-electron chi connectivity index (χ4n) is 1.14. The van der Waals surface area contributed by atoms with Crippen LogP contribution < -0.4 is 5.32 Å². The summed E-state index contributed by atoms with van der Waals surface area (Å²) in [6.45, 7) is 1.65. The predicted octanol–water partition coefficient (Wildman–Crippen LogP) is 4.04. The lowest BCUT2D eigenvalue weighted by atomic mass is 10.1. The molecule has 0 unspecified atom stereocenters. The molecule has 0 saturated carbocycles. The van der Waals surface area contributed by atoms with E-state index >= 15 is 0 Å². The van der Waals surface area contributed by atoms with Gasteiger partial charge in [-0.15, -0.1) is 0 Å². The molecule has 94 valence electrons. The topological polar surface area (TPSA) is 38.3 Å². The van der Waals surface area contributed by atoms with E-state index < -0.39 is 17.8 Å². The number of halogens is 4. The number of ether oxygens (including phenoxy) is 1. The van der Waals surface area contributed by atoms with Gasteiger partial charge in [0.25, 0.3) is 0 Å². The van der Waals surface area contributed by atoms with E-state index in [1.165, 1.54) is 6.07 Å². The Morgan fingerprint density at radius 3 is 2.65 bits per heavy atom. The number of nitrogens with one attached hydrogen (secondary N) is 1. The van der Waals surface area contributed by atoms with E-state index in [0.29, 0.717) is 0 Å². The fourth-order valence-corrected chi connectivity index (χ4v) is 1.50. The quantitative estimate of drug-likeness (QED) is 0.895. The van der Waals surface area contributed by atoms with Crippen molar-refractivity contribution in [3.8, 4) is 0 Å². The maximum atomic E-state index is 12.7. The van der Waals surface area contributed by atoms with Gasteiger partial charge in [-0.05, 0) is 25.1 Å². The molecular weight excluding hydrogens is 303 g/mol. The monoisotopic (exact) mass is 311 g/mol. The molecule has 0 bridgehead atoms. The fraction of sp³-hybridized carbons (Fsp3) is 0.300. The van der Waals surface area contributed by atoms with E-state index in [2.05, 4.69) is 20.7 Å². The minimum absolute atomic E-state index is 0.0870. The molecule has 0 radical (unpaired) electrons. The normalized spacial score (nSPS) is 11.1. The molecule has 1 N–H and O–H groups in total. The minimum atomic E-state index is -4.54. The average molecular weight is 312 g/mol. The molecule has 0 saturated heterocycles. The Morgan fingerprint density at radius 2 is 2.12 bits per heavy atom. The Bertz CT molecular complexity index is 421. The van der Waals surface area contributed by atoms with E-state index in [4.69, 9.17) is 0 Å². The molecule has 0 heterocycles. The molecule has 3 nitrogen and oxygen atoms in total. The molecular formula is C10H9BrF3NO2. The van der Waals surface area contributed by atoms with E-state index in [9.17, 15) is 18.0 Å². The van der Waals surface area contributed by atoms with Crippen molar-refractivity contribution in [2.24, 2.45) is 0 Å². The molecule has 0 aromatic heterocycles. The second-order valence-electron chi connectivity index (χ2n) is 3.03. The summed E-state index contributed by atoms with van der Waals surface area (Å²) < 4.78 is 42.7. The summed E-state index contributed by atoms with van der Waals surface area (Å²) in [5, 5.41) is 2.04. The summed E-state index contributed by atoms with van der Waals surface area (Å²) in [4.78, 5) is 11.1. The van der Waals surface area contributed by atoms with Gasteiger partial charge in [-0.3, -0.25) is 5.32 Å². The molecule has 1 amide bonds. The highest BCUT2D eigenvalue weighted by Gasteiger charge is 2.34. The summed E-state index contributed by atoms with van der Waals surface area (Å²) >= 11 is 2.94. The second-order valence-corrected chi connectivity index (χ2v) is 3.95. The van der Waals surface area contributed by atoms with Gasteiger partial charge in [0, 0.05) is 4.47 Å². The first-order valence-electron chi connectivity index (χ1n) is 4.65. The van der Waals surface area contributed by atoms with Crippen molar-refractivity contribution in [2.45, 2.75) is 13.1 Å². The largest absolute Gasteiger partial charge is 0.450 e. The number of hydrogen-bond acceptors (Lipinski definition) is 2. The van der Waals surface area contributed by atoms with Crippen molar-refractivity contribution in [1.29, 1.82) is 0 Å².